The molecule has 0 spiro atoms. The number of carbonyl (C=O) groups is 2. The molecular weight excluding hydrogens is 448 g/mol. The van der Waals surface area contributed by atoms with E-state index in [1.165, 1.54) is 6.39 Å². The van der Waals surface area contributed by atoms with E-state index in [9.17, 15) is 9.59 Å². The molecule has 3 atom stereocenters. The van der Waals surface area contributed by atoms with Crippen LogP contribution in [0.2, 0.25) is 0 Å². The number of rotatable bonds is 5. The second-order valence-corrected chi connectivity index (χ2v) is 10.4. The minimum atomic E-state index is -0.219. The first kappa shape index (κ1) is 21.0. The highest BCUT2D eigenvalue weighted by molar-refractivity contribution is 7.15. The van der Waals surface area contributed by atoms with Gasteiger partial charge in [-0.25, -0.2) is 9.97 Å². The molecule has 6 rings (SSSR count). The number of benzene rings is 2. The SMILES string of the molecule is Cc1cccc(-c2sc(C)nc2C(=O)N2C[C@@H]3C[C@@H]3[C@H]2CNC(=O)c2cccc3ncoc23)c1. The lowest BCUT2D eigenvalue weighted by atomic mass is 10.1. The van der Waals surface area contributed by atoms with E-state index in [4.69, 9.17) is 4.42 Å². The number of hydrogen-bond donors (Lipinski definition) is 1. The molecule has 0 radical (unpaired) electrons. The Morgan fingerprint density at radius 3 is 2.91 bits per heavy atom. The van der Waals surface area contributed by atoms with Crippen LogP contribution in [0.5, 0.6) is 0 Å². The highest BCUT2D eigenvalue weighted by Crippen LogP contribution is 2.50. The normalized spacial score (nSPS) is 21.0. The number of carbonyl (C=O) groups excluding carboxylic acids is 2. The molecule has 2 aliphatic rings. The summed E-state index contributed by atoms with van der Waals surface area (Å²) in [5.41, 5.74) is 4.25. The van der Waals surface area contributed by atoms with Gasteiger partial charge in [0.1, 0.15) is 11.2 Å². The van der Waals surface area contributed by atoms with Crippen molar-refractivity contribution in [3.8, 4) is 10.4 Å². The van der Waals surface area contributed by atoms with Crippen LogP contribution in [-0.4, -0.2) is 45.8 Å². The predicted molar refractivity (Wildman–Crippen MR) is 130 cm³/mol. The zero-order chi connectivity index (χ0) is 23.4. The number of aromatic nitrogens is 2. The molecule has 1 aliphatic heterocycles. The van der Waals surface area contributed by atoms with E-state index >= 15 is 0 Å². The monoisotopic (exact) mass is 472 g/mol. The summed E-state index contributed by atoms with van der Waals surface area (Å²) in [6.45, 7) is 5.10. The first-order chi connectivity index (χ1) is 16.5. The van der Waals surface area contributed by atoms with Crippen molar-refractivity contribution in [2.75, 3.05) is 13.1 Å². The number of para-hydroxylation sites is 1. The van der Waals surface area contributed by atoms with Crippen molar-refractivity contribution in [1.29, 1.82) is 0 Å². The van der Waals surface area contributed by atoms with Gasteiger partial charge < -0.3 is 14.6 Å². The van der Waals surface area contributed by atoms with Crippen molar-refractivity contribution < 1.29 is 14.0 Å². The van der Waals surface area contributed by atoms with Gasteiger partial charge in [0.25, 0.3) is 11.8 Å². The highest BCUT2D eigenvalue weighted by Gasteiger charge is 2.54. The van der Waals surface area contributed by atoms with E-state index < -0.39 is 0 Å². The quantitative estimate of drug-likeness (QED) is 0.463. The fraction of sp³-hybridized carbons (Fsp3) is 0.308. The summed E-state index contributed by atoms with van der Waals surface area (Å²) >= 11 is 1.55. The van der Waals surface area contributed by atoms with E-state index in [0.717, 1.165) is 27.4 Å². The average Bonchev–Trinajstić information content (AvgIpc) is 3.16. The van der Waals surface area contributed by atoms with Gasteiger partial charge in [-0.15, -0.1) is 11.3 Å². The average molecular weight is 473 g/mol. The number of nitrogens with zero attached hydrogens (tertiary/aromatic N) is 3. The molecule has 34 heavy (non-hydrogen) atoms. The molecule has 0 unspecified atom stereocenters. The van der Waals surface area contributed by atoms with Crippen molar-refractivity contribution in [3.05, 3.63) is 70.7 Å². The third-order valence-corrected chi connectivity index (χ3v) is 7.87. The molecule has 2 amide bonds. The summed E-state index contributed by atoms with van der Waals surface area (Å²) in [6, 6.07) is 13.5. The molecular formula is C26H24N4O3S. The van der Waals surface area contributed by atoms with Crippen LogP contribution in [-0.2, 0) is 0 Å². The molecule has 172 valence electrons. The lowest BCUT2D eigenvalue weighted by Crippen LogP contribution is -2.45. The maximum atomic E-state index is 13.7. The molecule has 2 aromatic heterocycles. The van der Waals surface area contributed by atoms with Crippen LogP contribution >= 0.6 is 11.3 Å². The Morgan fingerprint density at radius 1 is 1.21 bits per heavy atom. The second kappa shape index (κ2) is 8.06. The van der Waals surface area contributed by atoms with Crippen LogP contribution in [0.1, 0.15) is 37.8 Å². The predicted octanol–water partition coefficient (Wildman–Crippen LogP) is 4.46. The molecule has 3 heterocycles. The van der Waals surface area contributed by atoms with Crippen LogP contribution in [0.4, 0.5) is 0 Å². The number of piperidine rings is 1. The Morgan fingerprint density at radius 2 is 2.06 bits per heavy atom. The molecule has 1 saturated carbocycles. The number of oxazole rings is 1. The van der Waals surface area contributed by atoms with Crippen molar-refractivity contribution in [1.82, 2.24) is 20.2 Å². The minimum absolute atomic E-state index is 0.0391. The number of fused-ring (bicyclic) bond motifs is 2. The zero-order valence-corrected chi connectivity index (χ0v) is 19.8. The largest absolute Gasteiger partial charge is 0.443 e. The van der Waals surface area contributed by atoms with E-state index in [0.29, 0.717) is 47.3 Å². The van der Waals surface area contributed by atoms with Crippen LogP contribution in [0.3, 0.4) is 0 Å². The smallest absolute Gasteiger partial charge is 0.274 e. The molecule has 1 N–H and O–H groups in total. The van der Waals surface area contributed by atoms with Crippen molar-refractivity contribution in [2.45, 2.75) is 26.3 Å². The van der Waals surface area contributed by atoms with E-state index in [1.807, 2.05) is 43.0 Å². The molecule has 4 aromatic rings. The topological polar surface area (TPSA) is 88.3 Å². The van der Waals surface area contributed by atoms with Crippen LogP contribution in [0.25, 0.3) is 21.5 Å². The number of aryl methyl sites for hydroxylation is 2. The van der Waals surface area contributed by atoms with Gasteiger partial charge in [-0.2, -0.15) is 0 Å². The number of thiazole rings is 1. The van der Waals surface area contributed by atoms with Crippen molar-refractivity contribution in [2.24, 2.45) is 11.8 Å². The Labute approximate surface area is 200 Å². The van der Waals surface area contributed by atoms with Crippen molar-refractivity contribution >= 4 is 34.3 Å². The number of likely N-dealkylation sites (tertiary alicyclic amines) is 1. The molecule has 7 nitrogen and oxygen atoms in total. The molecule has 2 fully saturated rings. The number of amides is 2. The Hall–Kier alpha value is -3.52. The Kier molecular flexibility index (Phi) is 4.99. The van der Waals surface area contributed by atoms with E-state index in [2.05, 4.69) is 21.4 Å². The minimum Gasteiger partial charge on any atom is -0.443 e. The molecule has 2 aromatic carbocycles. The van der Waals surface area contributed by atoms with Gasteiger partial charge in [0.05, 0.1) is 21.5 Å². The first-order valence-corrected chi connectivity index (χ1v) is 12.3. The summed E-state index contributed by atoms with van der Waals surface area (Å²) in [7, 11) is 0. The summed E-state index contributed by atoms with van der Waals surface area (Å²) in [4.78, 5) is 38.2. The van der Waals surface area contributed by atoms with Gasteiger partial charge in [-0.1, -0.05) is 35.9 Å². The van der Waals surface area contributed by atoms with Gasteiger partial charge in [0, 0.05) is 13.1 Å². The lowest BCUT2D eigenvalue weighted by molar-refractivity contribution is 0.0690. The highest BCUT2D eigenvalue weighted by atomic mass is 32.1. The fourth-order valence-corrected chi connectivity index (χ4v) is 6.02. The molecule has 1 saturated heterocycles. The summed E-state index contributed by atoms with van der Waals surface area (Å²) < 4.78 is 5.41. The van der Waals surface area contributed by atoms with Crippen LogP contribution < -0.4 is 5.32 Å². The van der Waals surface area contributed by atoms with Crippen LogP contribution in [0.15, 0.2) is 53.3 Å². The maximum absolute atomic E-state index is 13.7. The van der Waals surface area contributed by atoms with E-state index in [-0.39, 0.29) is 17.9 Å². The number of hydrogen-bond acceptors (Lipinski definition) is 6. The molecule has 8 heteroatoms. The molecule has 1 aliphatic carbocycles. The third kappa shape index (κ3) is 3.58. The summed E-state index contributed by atoms with van der Waals surface area (Å²) in [5, 5.41) is 3.91. The standard InChI is InChI=1S/C26H24N4O3S/c1-14-5-3-6-16(9-14)24-22(29-15(2)34-24)26(32)30-12-17-10-19(17)21(30)11-27-25(31)18-7-4-8-20-23(18)33-13-28-20/h3-9,13,17,19,21H,10-12H2,1-2H3,(H,27,31)/t17-,19-,21+/m0/s1. The van der Waals surface area contributed by atoms with Gasteiger partial charge in [-0.05, 0) is 49.8 Å². The van der Waals surface area contributed by atoms with Gasteiger partial charge in [0.2, 0.25) is 0 Å². The second-order valence-electron chi connectivity index (χ2n) is 9.18. The third-order valence-electron chi connectivity index (χ3n) is 6.85. The summed E-state index contributed by atoms with van der Waals surface area (Å²) in [5.74, 6) is 0.659. The van der Waals surface area contributed by atoms with Gasteiger partial charge >= 0.3 is 0 Å². The molecule has 0 bridgehead atoms. The Balaban J connectivity index is 1.23. The first-order valence-electron chi connectivity index (χ1n) is 11.5. The summed E-state index contributed by atoms with van der Waals surface area (Å²) in [6.07, 6.45) is 2.44. The fourth-order valence-electron chi connectivity index (χ4n) is 5.11. The van der Waals surface area contributed by atoms with Crippen LogP contribution in [0, 0.1) is 25.7 Å². The van der Waals surface area contributed by atoms with Gasteiger partial charge in [-0.3, -0.25) is 9.59 Å². The Bertz CT molecular complexity index is 1420. The van der Waals surface area contributed by atoms with Crippen molar-refractivity contribution in [3.63, 3.8) is 0 Å². The number of nitrogens with one attached hydrogen (secondary N) is 1. The lowest BCUT2D eigenvalue weighted by Gasteiger charge is -2.27. The zero-order valence-electron chi connectivity index (χ0n) is 18.9. The van der Waals surface area contributed by atoms with Gasteiger partial charge in [0.15, 0.2) is 12.0 Å². The van der Waals surface area contributed by atoms with E-state index in [1.54, 1.807) is 23.5 Å². The maximum Gasteiger partial charge on any atom is 0.274 e.